The Bertz CT molecular complexity index is 682. The lowest BCUT2D eigenvalue weighted by atomic mass is 9.89. The zero-order valence-electron chi connectivity index (χ0n) is 14.8. The average molecular weight is 366 g/mol. The zero-order chi connectivity index (χ0) is 18.4. The van der Waals surface area contributed by atoms with Crippen LogP contribution in [0.1, 0.15) is 55.7 Å². The number of rotatable bonds is 2. The molecule has 2 heterocycles. The number of nitrogens with zero attached hydrogens (tertiary/aromatic N) is 1. The van der Waals surface area contributed by atoms with Crippen molar-refractivity contribution in [3.63, 3.8) is 0 Å². The Morgan fingerprint density at radius 1 is 1.15 bits per heavy atom. The summed E-state index contributed by atoms with van der Waals surface area (Å²) >= 11 is 0. The van der Waals surface area contributed by atoms with Crippen molar-refractivity contribution in [1.82, 2.24) is 10.2 Å². The molecule has 2 saturated heterocycles. The number of alkyl halides is 3. The molecule has 1 spiro atoms. The zero-order valence-corrected chi connectivity index (χ0v) is 14.8. The highest BCUT2D eigenvalue weighted by Crippen LogP contribution is 2.60. The van der Waals surface area contributed by atoms with Gasteiger partial charge in [-0.05, 0) is 68.7 Å². The minimum atomic E-state index is -4.39. The quantitative estimate of drug-likeness (QED) is 0.853. The van der Waals surface area contributed by atoms with Crippen LogP contribution in [-0.2, 0) is 11.0 Å². The highest BCUT2D eigenvalue weighted by atomic mass is 19.4. The number of halogens is 3. The molecule has 6 heteroatoms. The van der Waals surface area contributed by atoms with Crippen molar-refractivity contribution in [2.75, 3.05) is 19.6 Å². The van der Waals surface area contributed by atoms with Crippen molar-refractivity contribution >= 4 is 5.91 Å². The average Bonchev–Trinajstić information content (AvgIpc) is 3.34. The van der Waals surface area contributed by atoms with E-state index in [1.807, 2.05) is 0 Å². The van der Waals surface area contributed by atoms with E-state index in [9.17, 15) is 18.0 Å². The van der Waals surface area contributed by atoms with E-state index in [-0.39, 0.29) is 22.8 Å². The Hall–Kier alpha value is -1.56. The van der Waals surface area contributed by atoms with E-state index in [0.29, 0.717) is 13.0 Å². The fraction of sp³-hybridized carbons (Fsp3) is 0.650. The van der Waals surface area contributed by atoms with Crippen LogP contribution in [-0.4, -0.2) is 30.4 Å². The van der Waals surface area contributed by atoms with E-state index in [1.54, 1.807) is 17.0 Å². The Morgan fingerprint density at radius 2 is 1.88 bits per heavy atom. The van der Waals surface area contributed by atoms with Gasteiger partial charge in [0.1, 0.15) is 0 Å². The number of benzene rings is 1. The molecular formula is C20H25F3N2O. The molecule has 1 amide bonds. The summed E-state index contributed by atoms with van der Waals surface area (Å²) in [5.74, 6) is 0.0804. The molecular weight excluding hydrogens is 341 g/mol. The van der Waals surface area contributed by atoms with Crippen molar-refractivity contribution in [2.45, 2.75) is 50.7 Å². The molecule has 1 aromatic rings. The summed E-state index contributed by atoms with van der Waals surface area (Å²) in [7, 11) is 0. The summed E-state index contributed by atoms with van der Waals surface area (Å²) in [6, 6.07) is 5.30. The minimum absolute atomic E-state index is 0.00301. The molecule has 1 N–H and O–H groups in total. The molecule has 26 heavy (non-hydrogen) atoms. The van der Waals surface area contributed by atoms with Crippen LogP contribution in [0.25, 0.3) is 0 Å². The van der Waals surface area contributed by atoms with Crippen molar-refractivity contribution < 1.29 is 18.0 Å². The molecule has 1 aromatic carbocycles. The molecule has 0 aromatic heterocycles. The maximum atomic E-state index is 13.5. The second-order valence-corrected chi connectivity index (χ2v) is 8.00. The highest BCUT2D eigenvalue weighted by Gasteiger charge is 2.59. The molecule has 2 unspecified atom stereocenters. The topological polar surface area (TPSA) is 32.3 Å². The number of piperidine rings is 2. The molecule has 3 fully saturated rings. The Morgan fingerprint density at radius 3 is 2.62 bits per heavy atom. The molecule has 1 saturated carbocycles. The Balaban J connectivity index is 1.59. The van der Waals surface area contributed by atoms with Gasteiger partial charge in [0, 0.05) is 12.5 Å². The third-order valence-corrected chi connectivity index (χ3v) is 6.50. The van der Waals surface area contributed by atoms with Crippen molar-refractivity contribution in [3.05, 3.63) is 35.4 Å². The van der Waals surface area contributed by atoms with Crippen LogP contribution in [0.5, 0.6) is 0 Å². The number of hydrogen-bond donors (Lipinski definition) is 1. The van der Waals surface area contributed by atoms with Gasteiger partial charge in [0.25, 0.3) is 0 Å². The summed E-state index contributed by atoms with van der Waals surface area (Å²) in [6.07, 6.45) is 0.858. The first-order chi connectivity index (χ1) is 12.4. The van der Waals surface area contributed by atoms with Crippen molar-refractivity contribution in [2.24, 2.45) is 11.3 Å². The van der Waals surface area contributed by atoms with Gasteiger partial charge in [-0.15, -0.1) is 0 Å². The van der Waals surface area contributed by atoms with E-state index >= 15 is 0 Å². The fourth-order valence-electron chi connectivity index (χ4n) is 4.94. The first-order valence-electron chi connectivity index (χ1n) is 9.60. The summed E-state index contributed by atoms with van der Waals surface area (Å²) < 4.78 is 40.4. The lowest BCUT2D eigenvalue weighted by Crippen LogP contribution is -2.42. The van der Waals surface area contributed by atoms with E-state index in [4.69, 9.17) is 0 Å². The molecule has 2 atom stereocenters. The molecule has 3 aliphatic rings. The largest absolute Gasteiger partial charge is 0.416 e. The molecule has 0 radical (unpaired) electrons. The third kappa shape index (κ3) is 3.13. The molecule has 142 valence electrons. The Kier molecular flexibility index (Phi) is 4.49. The number of nitrogens with one attached hydrogen (secondary N) is 1. The number of amides is 1. The molecule has 3 nitrogen and oxygen atoms in total. The standard InChI is InChI=1S/C20H25F3N2O/c21-20(22,23)15-6-2-1-5-14(15)17-7-3-4-12-25(17)18(26)16-13-19(16)8-10-24-11-9-19/h1-2,5-6,16-17,24H,3-4,7-13H2. The van der Waals surface area contributed by atoms with Crippen LogP contribution in [0.4, 0.5) is 13.2 Å². The smallest absolute Gasteiger partial charge is 0.335 e. The normalized spacial score (nSPS) is 28.2. The van der Waals surface area contributed by atoms with Crippen molar-refractivity contribution in [3.8, 4) is 0 Å². The first-order valence-corrected chi connectivity index (χ1v) is 9.60. The predicted octanol–water partition coefficient (Wildman–Crippen LogP) is 4.15. The lowest BCUT2D eigenvalue weighted by Gasteiger charge is -2.38. The molecule has 0 bridgehead atoms. The number of likely N-dealkylation sites (tertiary alicyclic amines) is 1. The van der Waals surface area contributed by atoms with Gasteiger partial charge in [0.05, 0.1) is 11.6 Å². The maximum absolute atomic E-state index is 13.5. The van der Waals surface area contributed by atoms with Gasteiger partial charge in [0.2, 0.25) is 5.91 Å². The van der Waals surface area contributed by atoms with Crippen LogP contribution in [0.2, 0.25) is 0 Å². The van der Waals surface area contributed by atoms with Gasteiger partial charge in [-0.2, -0.15) is 13.2 Å². The van der Waals surface area contributed by atoms with E-state index in [1.165, 1.54) is 6.07 Å². The van der Waals surface area contributed by atoms with Gasteiger partial charge < -0.3 is 10.2 Å². The van der Waals surface area contributed by atoms with Crippen LogP contribution >= 0.6 is 0 Å². The van der Waals surface area contributed by atoms with Crippen LogP contribution in [0.3, 0.4) is 0 Å². The Labute approximate surface area is 151 Å². The van der Waals surface area contributed by atoms with Gasteiger partial charge in [-0.25, -0.2) is 0 Å². The summed E-state index contributed by atoms with van der Waals surface area (Å²) in [5.41, 5.74) is -0.237. The van der Waals surface area contributed by atoms with E-state index in [0.717, 1.165) is 51.3 Å². The SMILES string of the molecule is O=C(C1CC12CCNCC2)N1CCCCC1c1ccccc1C(F)(F)F. The third-order valence-electron chi connectivity index (χ3n) is 6.50. The summed E-state index contributed by atoms with van der Waals surface area (Å²) in [5, 5.41) is 3.33. The van der Waals surface area contributed by atoms with Gasteiger partial charge in [-0.1, -0.05) is 18.2 Å². The molecule has 4 rings (SSSR count). The van der Waals surface area contributed by atoms with Crippen LogP contribution < -0.4 is 5.32 Å². The van der Waals surface area contributed by atoms with Crippen molar-refractivity contribution in [1.29, 1.82) is 0 Å². The predicted molar refractivity (Wildman–Crippen MR) is 92.4 cm³/mol. The second-order valence-electron chi connectivity index (χ2n) is 8.00. The maximum Gasteiger partial charge on any atom is 0.416 e. The van der Waals surface area contributed by atoms with E-state index < -0.39 is 17.8 Å². The molecule has 1 aliphatic carbocycles. The number of carbonyl (C=O) groups excluding carboxylic acids is 1. The number of hydrogen-bond acceptors (Lipinski definition) is 2. The minimum Gasteiger partial charge on any atom is -0.335 e. The molecule has 2 aliphatic heterocycles. The summed E-state index contributed by atoms with van der Waals surface area (Å²) in [4.78, 5) is 15.0. The fourth-order valence-corrected chi connectivity index (χ4v) is 4.94. The van der Waals surface area contributed by atoms with Crippen LogP contribution in [0, 0.1) is 11.3 Å². The monoisotopic (exact) mass is 366 g/mol. The first kappa shape index (κ1) is 17.8. The van der Waals surface area contributed by atoms with Crippen LogP contribution in [0.15, 0.2) is 24.3 Å². The highest BCUT2D eigenvalue weighted by molar-refractivity contribution is 5.83. The van der Waals surface area contributed by atoms with E-state index in [2.05, 4.69) is 5.32 Å². The van der Waals surface area contributed by atoms with Gasteiger partial charge in [-0.3, -0.25) is 4.79 Å². The lowest BCUT2D eigenvalue weighted by molar-refractivity contribution is -0.142. The van der Waals surface area contributed by atoms with Gasteiger partial charge >= 0.3 is 6.18 Å². The number of carbonyl (C=O) groups is 1. The second kappa shape index (κ2) is 6.55. The summed E-state index contributed by atoms with van der Waals surface area (Å²) in [6.45, 7) is 2.44. The van der Waals surface area contributed by atoms with Gasteiger partial charge in [0.15, 0.2) is 0 Å².